The van der Waals surface area contributed by atoms with Crippen LogP contribution in [0.5, 0.6) is 5.75 Å². The third-order valence-corrected chi connectivity index (χ3v) is 2.68. The molecule has 0 saturated carbocycles. The molecule has 1 heterocycles. The molecule has 2 rings (SSSR count). The lowest BCUT2D eigenvalue weighted by Gasteiger charge is -2.17. The SMILES string of the molecule is C=CCN/C1=C/C=C\Cc2cccc(C(=O)O)c2O1. The summed E-state index contributed by atoms with van der Waals surface area (Å²) in [5.41, 5.74) is 1.02. The second-order valence-corrected chi connectivity index (χ2v) is 4.03. The molecule has 2 N–H and O–H groups in total. The maximum absolute atomic E-state index is 11.2. The predicted molar refractivity (Wildman–Crippen MR) is 73.2 cm³/mol. The Balaban J connectivity index is 2.39. The highest BCUT2D eigenvalue weighted by Gasteiger charge is 2.17. The van der Waals surface area contributed by atoms with E-state index in [0.717, 1.165) is 5.56 Å². The van der Waals surface area contributed by atoms with Gasteiger partial charge in [0.1, 0.15) is 11.3 Å². The molecular weight excluding hydrogens is 242 g/mol. The summed E-state index contributed by atoms with van der Waals surface area (Å²) in [4.78, 5) is 11.2. The van der Waals surface area contributed by atoms with Gasteiger partial charge in [-0.25, -0.2) is 4.79 Å². The number of hydrogen-bond acceptors (Lipinski definition) is 3. The summed E-state index contributed by atoms with van der Waals surface area (Å²) in [5, 5.41) is 12.2. The topological polar surface area (TPSA) is 58.6 Å². The van der Waals surface area contributed by atoms with Crippen molar-refractivity contribution in [2.45, 2.75) is 6.42 Å². The van der Waals surface area contributed by atoms with Crippen molar-refractivity contribution in [3.63, 3.8) is 0 Å². The normalized spacial score (nSPS) is 17.8. The van der Waals surface area contributed by atoms with Gasteiger partial charge in [-0.15, -0.1) is 6.58 Å². The van der Waals surface area contributed by atoms with Crippen LogP contribution in [0.4, 0.5) is 0 Å². The summed E-state index contributed by atoms with van der Waals surface area (Å²) in [7, 11) is 0. The average Bonchev–Trinajstić information content (AvgIpc) is 2.37. The molecule has 4 heteroatoms. The number of carboxylic acids is 1. The van der Waals surface area contributed by atoms with Gasteiger partial charge >= 0.3 is 5.97 Å². The highest BCUT2D eigenvalue weighted by Crippen LogP contribution is 2.27. The van der Waals surface area contributed by atoms with E-state index in [1.54, 1.807) is 18.2 Å². The zero-order valence-corrected chi connectivity index (χ0v) is 10.4. The Bertz CT molecular complexity index is 559. The maximum atomic E-state index is 11.2. The van der Waals surface area contributed by atoms with Crippen LogP contribution in [0.1, 0.15) is 15.9 Å². The first-order chi connectivity index (χ1) is 9.22. The molecule has 0 saturated heterocycles. The van der Waals surface area contributed by atoms with Crippen molar-refractivity contribution in [3.05, 3.63) is 66.1 Å². The van der Waals surface area contributed by atoms with Crippen molar-refractivity contribution < 1.29 is 14.6 Å². The lowest BCUT2D eigenvalue weighted by molar-refractivity contribution is 0.0693. The number of aromatic carboxylic acids is 1. The monoisotopic (exact) mass is 257 g/mol. The van der Waals surface area contributed by atoms with Gasteiger partial charge in [0.2, 0.25) is 0 Å². The minimum Gasteiger partial charge on any atom is -0.478 e. The van der Waals surface area contributed by atoms with Gasteiger partial charge in [-0.1, -0.05) is 30.4 Å². The number of nitrogens with one attached hydrogen (secondary N) is 1. The number of allylic oxidation sites excluding steroid dienone is 3. The highest BCUT2D eigenvalue weighted by atomic mass is 16.5. The van der Waals surface area contributed by atoms with Crippen LogP contribution in [0.2, 0.25) is 0 Å². The maximum Gasteiger partial charge on any atom is 0.339 e. The van der Waals surface area contributed by atoms with E-state index in [-0.39, 0.29) is 5.56 Å². The van der Waals surface area contributed by atoms with Gasteiger partial charge in [-0.3, -0.25) is 0 Å². The fraction of sp³-hybridized carbons (Fsp3) is 0.133. The van der Waals surface area contributed by atoms with Crippen LogP contribution < -0.4 is 10.1 Å². The van der Waals surface area contributed by atoms with E-state index in [0.29, 0.717) is 24.6 Å². The van der Waals surface area contributed by atoms with E-state index in [9.17, 15) is 9.90 Å². The van der Waals surface area contributed by atoms with E-state index in [2.05, 4.69) is 11.9 Å². The number of fused-ring (bicyclic) bond motifs is 1. The fourth-order valence-corrected chi connectivity index (χ4v) is 1.80. The summed E-state index contributed by atoms with van der Waals surface area (Å²) >= 11 is 0. The first kappa shape index (κ1) is 13.0. The number of ether oxygens (including phenoxy) is 1. The molecule has 0 bridgehead atoms. The zero-order chi connectivity index (χ0) is 13.7. The second kappa shape index (κ2) is 5.91. The number of carbonyl (C=O) groups is 1. The molecule has 0 aliphatic carbocycles. The van der Waals surface area contributed by atoms with Crippen LogP contribution >= 0.6 is 0 Å². The van der Waals surface area contributed by atoms with Crippen LogP contribution in [0.15, 0.2) is 55.0 Å². The standard InChI is InChI=1S/C15H15NO3/c1-2-10-16-13-9-4-3-6-11-7-5-8-12(15(17)18)14(11)19-13/h2-5,7-9,16H,1,6,10H2,(H,17,18)/b4-3-,13-9-. The fourth-order valence-electron chi connectivity index (χ4n) is 1.80. The molecule has 0 fully saturated rings. The molecule has 0 aromatic heterocycles. The van der Waals surface area contributed by atoms with Crippen LogP contribution in [0.3, 0.4) is 0 Å². The van der Waals surface area contributed by atoms with Gasteiger partial charge in [0, 0.05) is 6.54 Å². The van der Waals surface area contributed by atoms with Crippen LogP contribution in [-0.2, 0) is 6.42 Å². The van der Waals surface area contributed by atoms with Crippen molar-refractivity contribution >= 4 is 5.97 Å². The molecule has 0 spiro atoms. The van der Waals surface area contributed by atoms with Gasteiger partial charge in [-0.2, -0.15) is 0 Å². The summed E-state index contributed by atoms with van der Waals surface area (Å²) in [5.74, 6) is -0.0996. The molecule has 1 aliphatic rings. The van der Waals surface area contributed by atoms with Crippen molar-refractivity contribution in [2.24, 2.45) is 0 Å². The number of hydrogen-bond donors (Lipinski definition) is 2. The number of para-hydroxylation sites is 1. The summed E-state index contributed by atoms with van der Waals surface area (Å²) < 4.78 is 5.70. The Labute approximate surface area is 111 Å². The predicted octanol–water partition coefficient (Wildman–Crippen LogP) is 2.49. The van der Waals surface area contributed by atoms with Crippen molar-refractivity contribution in [1.82, 2.24) is 5.32 Å². The van der Waals surface area contributed by atoms with Gasteiger partial charge in [0.05, 0.1) is 0 Å². The molecule has 1 aromatic carbocycles. The van der Waals surface area contributed by atoms with Gasteiger partial charge < -0.3 is 15.2 Å². The third-order valence-electron chi connectivity index (χ3n) is 2.68. The second-order valence-electron chi connectivity index (χ2n) is 4.03. The zero-order valence-electron chi connectivity index (χ0n) is 10.4. The first-order valence-corrected chi connectivity index (χ1v) is 5.97. The molecule has 0 unspecified atom stereocenters. The number of rotatable bonds is 4. The lowest BCUT2D eigenvalue weighted by Crippen LogP contribution is -2.19. The molecule has 19 heavy (non-hydrogen) atoms. The van der Waals surface area contributed by atoms with Crippen molar-refractivity contribution in [2.75, 3.05) is 6.54 Å². The van der Waals surface area contributed by atoms with Gasteiger partial charge in [0.15, 0.2) is 5.88 Å². The van der Waals surface area contributed by atoms with E-state index in [1.807, 2.05) is 18.2 Å². The summed E-state index contributed by atoms with van der Waals surface area (Å²) in [6, 6.07) is 5.13. The Kier molecular flexibility index (Phi) is 4.03. The molecule has 0 atom stereocenters. The summed E-state index contributed by atoms with van der Waals surface area (Å²) in [6.07, 6.45) is 7.95. The Hall–Kier alpha value is -2.49. The Morgan fingerprint density at radius 1 is 1.53 bits per heavy atom. The average molecular weight is 257 g/mol. The van der Waals surface area contributed by atoms with E-state index >= 15 is 0 Å². The molecule has 0 radical (unpaired) electrons. The van der Waals surface area contributed by atoms with Crippen LogP contribution in [-0.4, -0.2) is 17.6 Å². The number of carboxylic acid groups (broad SMARTS) is 1. The largest absolute Gasteiger partial charge is 0.478 e. The van der Waals surface area contributed by atoms with Crippen LogP contribution in [0, 0.1) is 0 Å². The first-order valence-electron chi connectivity index (χ1n) is 5.97. The lowest BCUT2D eigenvalue weighted by atomic mass is 10.1. The summed E-state index contributed by atoms with van der Waals surface area (Å²) in [6.45, 7) is 4.17. The smallest absolute Gasteiger partial charge is 0.339 e. The molecule has 98 valence electrons. The highest BCUT2D eigenvalue weighted by molar-refractivity contribution is 5.91. The van der Waals surface area contributed by atoms with Gasteiger partial charge in [-0.05, 0) is 24.1 Å². The third kappa shape index (κ3) is 3.04. The number of benzene rings is 1. The minimum atomic E-state index is -0.996. The molecule has 4 nitrogen and oxygen atoms in total. The Morgan fingerprint density at radius 2 is 2.37 bits per heavy atom. The van der Waals surface area contributed by atoms with E-state index in [1.165, 1.54) is 6.07 Å². The van der Waals surface area contributed by atoms with Gasteiger partial charge in [0.25, 0.3) is 0 Å². The van der Waals surface area contributed by atoms with E-state index in [4.69, 9.17) is 4.74 Å². The van der Waals surface area contributed by atoms with Crippen molar-refractivity contribution in [3.8, 4) is 5.75 Å². The molecule has 0 amide bonds. The minimum absolute atomic E-state index is 0.166. The Morgan fingerprint density at radius 3 is 3.11 bits per heavy atom. The molecule has 1 aromatic rings. The van der Waals surface area contributed by atoms with Crippen molar-refractivity contribution in [1.29, 1.82) is 0 Å². The van der Waals surface area contributed by atoms with Crippen LogP contribution in [0.25, 0.3) is 0 Å². The molecule has 1 aliphatic heterocycles. The molecular formula is C15H15NO3. The quantitative estimate of drug-likeness (QED) is 0.814. The van der Waals surface area contributed by atoms with E-state index < -0.39 is 5.97 Å².